The maximum atomic E-state index is 12.6. The molecule has 2 rings (SSSR count). The zero-order chi connectivity index (χ0) is 16.3. The van der Waals surface area contributed by atoms with Crippen LogP contribution >= 0.6 is 23.2 Å². The smallest absolute Gasteiger partial charge is 0.254 e. The molecule has 0 spiro atoms. The number of carbonyl (C=O) groups excluding carboxylic acids is 2. The highest BCUT2D eigenvalue weighted by Gasteiger charge is 2.25. The van der Waals surface area contributed by atoms with Crippen LogP contribution in [0.3, 0.4) is 0 Å². The number of nitrogens with zero attached hydrogens (tertiary/aromatic N) is 2. The van der Waals surface area contributed by atoms with Crippen LogP contribution in [0.2, 0.25) is 10.0 Å². The lowest BCUT2D eigenvalue weighted by Crippen LogP contribution is -2.39. The molecule has 1 aromatic carbocycles. The average molecular weight is 344 g/mol. The number of amides is 2. The van der Waals surface area contributed by atoms with Gasteiger partial charge in [0.1, 0.15) is 6.54 Å². The molecule has 1 aliphatic heterocycles. The molecule has 1 aromatic rings. The largest absolute Gasteiger partial charge is 0.396 e. The van der Waals surface area contributed by atoms with Crippen LogP contribution in [0.15, 0.2) is 12.1 Å². The minimum Gasteiger partial charge on any atom is -0.396 e. The number of nitrogens with two attached hydrogens (primary N) is 1. The van der Waals surface area contributed by atoms with Crippen molar-refractivity contribution in [3.8, 4) is 0 Å². The highest BCUT2D eigenvalue weighted by Crippen LogP contribution is 2.29. The molecule has 22 heavy (non-hydrogen) atoms. The lowest BCUT2D eigenvalue weighted by Gasteiger charge is -2.21. The summed E-state index contributed by atoms with van der Waals surface area (Å²) in [5.41, 5.74) is 6.28. The van der Waals surface area contributed by atoms with Crippen molar-refractivity contribution in [1.82, 2.24) is 9.80 Å². The second-order valence-electron chi connectivity index (χ2n) is 5.31. The number of benzene rings is 1. The van der Waals surface area contributed by atoms with Gasteiger partial charge in [-0.15, -0.1) is 0 Å². The summed E-state index contributed by atoms with van der Waals surface area (Å²) in [4.78, 5) is 28.1. The Hall–Kier alpha value is -1.46. The van der Waals surface area contributed by atoms with Crippen molar-refractivity contribution in [2.24, 2.45) is 0 Å². The monoisotopic (exact) mass is 343 g/mol. The molecule has 120 valence electrons. The Balaban J connectivity index is 2.17. The highest BCUT2D eigenvalue weighted by atomic mass is 35.5. The van der Waals surface area contributed by atoms with E-state index in [4.69, 9.17) is 28.9 Å². The van der Waals surface area contributed by atoms with Gasteiger partial charge < -0.3 is 15.5 Å². The summed E-state index contributed by atoms with van der Waals surface area (Å²) in [6, 6.07) is 2.98. The van der Waals surface area contributed by atoms with Crippen molar-refractivity contribution in [1.29, 1.82) is 0 Å². The van der Waals surface area contributed by atoms with Gasteiger partial charge in [0.05, 0.1) is 15.7 Å². The van der Waals surface area contributed by atoms with Crippen LogP contribution in [-0.4, -0.2) is 47.8 Å². The van der Waals surface area contributed by atoms with Crippen molar-refractivity contribution in [2.75, 3.05) is 31.9 Å². The van der Waals surface area contributed by atoms with E-state index in [0.29, 0.717) is 18.7 Å². The predicted molar refractivity (Wildman–Crippen MR) is 88.3 cm³/mol. The van der Waals surface area contributed by atoms with Crippen molar-refractivity contribution >= 4 is 40.7 Å². The first-order valence-electron chi connectivity index (χ1n) is 7.25. The molecule has 0 unspecified atom stereocenters. The molecule has 1 aliphatic rings. The van der Waals surface area contributed by atoms with Crippen LogP contribution in [-0.2, 0) is 4.79 Å². The average Bonchev–Trinajstić information content (AvgIpc) is 2.66. The normalized spacial score (nSPS) is 15.9. The Kier molecular flexibility index (Phi) is 5.53. The quantitative estimate of drug-likeness (QED) is 0.858. The molecule has 0 aliphatic carbocycles. The van der Waals surface area contributed by atoms with Crippen molar-refractivity contribution in [3.63, 3.8) is 0 Å². The molecule has 1 fully saturated rings. The third-order valence-electron chi connectivity index (χ3n) is 3.64. The van der Waals surface area contributed by atoms with E-state index < -0.39 is 0 Å². The summed E-state index contributed by atoms with van der Waals surface area (Å²) >= 11 is 11.9. The summed E-state index contributed by atoms with van der Waals surface area (Å²) < 4.78 is 0. The zero-order valence-corrected chi connectivity index (χ0v) is 14.0. The van der Waals surface area contributed by atoms with Gasteiger partial charge in [0.25, 0.3) is 5.91 Å². The number of nitrogen functional groups attached to an aromatic ring is 1. The Labute approximate surface area is 139 Å². The Morgan fingerprint density at radius 1 is 1.27 bits per heavy atom. The number of hydrogen-bond acceptors (Lipinski definition) is 3. The van der Waals surface area contributed by atoms with Gasteiger partial charge in [-0.25, -0.2) is 0 Å². The topological polar surface area (TPSA) is 66.6 Å². The van der Waals surface area contributed by atoms with Crippen molar-refractivity contribution in [3.05, 3.63) is 27.7 Å². The second kappa shape index (κ2) is 7.20. The van der Waals surface area contributed by atoms with Crippen LogP contribution in [0, 0.1) is 0 Å². The Morgan fingerprint density at radius 3 is 2.50 bits per heavy atom. The van der Waals surface area contributed by atoms with Crippen LogP contribution in [0.1, 0.15) is 30.1 Å². The van der Waals surface area contributed by atoms with Crippen molar-refractivity contribution < 1.29 is 9.59 Å². The number of halogens is 2. The van der Waals surface area contributed by atoms with Gasteiger partial charge in [-0.1, -0.05) is 30.1 Å². The number of carbonyl (C=O) groups is 2. The van der Waals surface area contributed by atoms with Gasteiger partial charge in [-0.05, 0) is 25.0 Å². The lowest BCUT2D eigenvalue weighted by molar-refractivity contribution is -0.130. The molecule has 0 radical (unpaired) electrons. The maximum absolute atomic E-state index is 12.6. The van der Waals surface area contributed by atoms with Crippen LogP contribution in [0.4, 0.5) is 5.69 Å². The fourth-order valence-electron chi connectivity index (χ4n) is 2.49. The van der Waals surface area contributed by atoms with Gasteiger partial charge in [-0.2, -0.15) is 0 Å². The van der Waals surface area contributed by atoms with E-state index in [2.05, 4.69) is 0 Å². The third-order valence-corrected chi connectivity index (χ3v) is 4.27. The van der Waals surface area contributed by atoms with Crippen LogP contribution in [0.5, 0.6) is 0 Å². The van der Waals surface area contributed by atoms with Crippen LogP contribution < -0.4 is 5.73 Å². The molecule has 0 aromatic heterocycles. The molecule has 1 saturated heterocycles. The summed E-state index contributed by atoms with van der Waals surface area (Å²) in [6.07, 6.45) is 1.66. The summed E-state index contributed by atoms with van der Waals surface area (Å²) in [5, 5.41) is 0.481. The van der Waals surface area contributed by atoms with E-state index >= 15 is 0 Å². The van der Waals surface area contributed by atoms with Gasteiger partial charge in [0.2, 0.25) is 5.91 Å². The van der Waals surface area contributed by atoms with E-state index in [0.717, 1.165) is 19.4 Å². The fraction of sp³-hybridized carbons (Fsp3) is 0.467. The summed E-state index contributed by atoms with van der Waals surface area (Å²) in [6.45, 7) is 4.04. The zero-order valence-electron chi connectivity index (χ0n) is 12.4. The Morgan fingerprint density at radius 2 is 1.91 bits per heavy atom. The molecular formula is C15H19Cl2N3O2. The van der Waals surface area contributed by atoms with E-state index in [9.17, 15) is 9.59 Å². The third kappa shape index (κ3) is 3.65. The van der Waals surface area contributed by atoms with E-state index in [1.807, 2.05) is 6.92 Å². The van der Waals surface area contributed by atoms with Gasteiger partial charge >= 0.3 is 0 Å². The standard InChI is InChI=1S/C15H19Cl2N3O2/c1-2-4-19-5-3-6-20(9-13(19)21)15(22)10-7-11(16)14(18)12(17)8-10/h7-8H,2-6,9,18H2,1H3. The van der Waals surface area contributed by atoms with Crippen molar-refractivity contribution in [2.45, 2.75) is 19.8 Å². The summed E-state index contributed by atoms with van der Waals surface area (Å²) in [5.74, 6) is -0.282. The van der Waals surface area contributed by atoms with E-state index in [1.54, 1.807) is 4.90 Å². The molecule has 1 heterocycles. The molecular weight excluding hydrogens is 325 g/mol. The molecule has 7 heteroatoms. The number of anilines is 1. The first-order chi connectivity index (χ1) is 10.4. The molecule has 5 nitrogen and oxygen atoms in total. The Bertz CT molecular complexity index is 569. The van der Waals surface area contributed by atoms with Crippen LogP contribution in [0.25, 0.3) is 0 Å². The first kappa shape index (κ1) is 16.9. The number of hydrogen-bond donors (Lipinski definition) is 1. The second-order valence-corrected chi connectivity index (χ2v) is 6.13. The maximum Gasteiger partial charge on any atom is 0.254 e. The molecule has 0 saturated carbocycles. The number of rotatable bonds is 3. The molecule has 2 N–H and O–H groups in total. The van der Waals surface area contributed by atoms with E-state index in [1.165, 1.54) is 17.0 Å². The minimum absolute atomic E-state index is 0.0275. The lowest BCUT2D eigenvalue weighted by atomic mass is 10.1. The predicted octanol–water partition coefficient (Wildman–Crippen LogP) is 2.66. The SMILES string of the molecule is CCCN1CCCN(C(=O)c2cc(Cl)c(N)c(Cl)c2)CC1=O. The first-order valence-corrected chi connectivity index (χ1v) is 8.01. The van der Waals surface area contributed by atoms with E-state index in [-0.39, 0.29) is 34.1 Å². The highest BCUT2D eigenvalue weighted by molar-refractivity contribution is 6.39. The molecule has 0 atom stereocenters. The van der Waals surface area contributed by atoms with Gasteiger partial charge in [0.15, 0.2) is 0 Å². The van der Waals surface area contributed by atoms with Gasteiger partial charge in [-0.3, -0.25) is 9.59 Å². The fourth-order valence-corrected chi connectivity index (χ4v) is 2.98. The van der Waals surface area contributed by atoms with Gasteiger partial charge in [0, 0.05) is 25.2 Å². The minimum atomic E-state index is -0.254. The molecule has 2 amide bonds. The summed E-state index contributed by atoms with van der Waals surface area (Å²) in [7, 11) is 0. The molecule has 0 bridgehead atoms.